The van der Waals surface area contributed by atoms with Gasteiger partial charge >= 0.3 is 0 Å². The fraction of sp³-hybridized carbons (Fsp3) is 0.273. The van der Waals surface area contributed by atoms with Crippen LogP contribution in [-0.4, -0.2) is 56.1 Å². The van der Waals surface area contributed by atoms with Crippen LogP contribution in [0, 0.1) is 0 Å². The molecule has 0 bridgehead atoms. The van der Waals surface area contributed by atoms with Crippen LogP contribution in [0.5, 0.6) is 0 Å². The maximum Gasteiger partial charge on any atom is 0.267 e. The van der Waals surface area contributed by atoms with Crippen LogP contribution < -0.4 is 10.6 Å². The molecule has 2 aromatic rings. The lowest BCUT2D eigenvalue weighted by Crippen LogP contribution is -2.42. The molecule has 0 aliphatic carbocycles. The predicted molar refractivity (Wildman–Crippen MR) is 114 cm³/mol. The SMILES string of the molecule is O=C(NCCN1CCOCC1)C(=Cc1ccc(Cl)cc1)NC(=O)c1ccccc1. The summed E-state index contributed by atoms with van der Waals surface area (Å²) in [5.41, 5.74) is 1.43. The summed E-state index contributed by atoms with van der Waals surface area (Å²) < 4.78 is 5.33. The molecule has 0 atom stereocenters. The fourth-order valence-corrected chi connectivity index (χ4v) is 3.04. The molecule has 152 valence electrons. The number of ether oxygens (including phenoxy) is 1. The van der Waals surface area contributed by atoms with Crippen LogP contribution in [0.3, 0.4) is 0 Å². The first-order valence-electron chi connectivity index (χ1n) is 9.54. The van der Waals surface area contributed by atoms with Gasteiger partial charge in [-0.15, -0.1) is 0 Å². The maximum absolute atomic E-state index is 12.8. The van der Waals surface area contributed by atoms with Crippen molar-refractivity contribution in [1.29, 1.82) is 0 Å². The Bertz CT molecular complexity index is 847. The van der Waals surface area contributed by atoms with Gasteiger partial charge in [0.15, 0.2) is 0 Å². The summed E-state index contributed by atoms with van der Waals surface area (Å²) in [5.74, 6) is -0.674. The zero-order valence-corrected chi connectivity index (χ0v) is 16.8. The largest absolute Gasteiger partial charge is 0.379 e. The first-order valence-corrected chi connectivity index (χ1v) is 9.91. The molecule has 0 aromatic heterocycles. The molecule has 0 radical (unpaired) electrons. The van der Waals surface area contributed by atoms with Gasteiger partial charge in [0.25, 0.3) is 11.8 Å². The number of halogens is 1. The molecular weight excluding hydrogens is 390 g/mol. The van der Waals surface area contributed by atoms with Gasteiger partial charge in [0.2, 0.25) is 0 Å². The maximum atomic E-state index is 12.8. The second kappa shape index (κ2) is 10.8. The zero-order chi connectivity index (χ0) is 20.5. The second-order valence-corrected chi connectivity index (χ2v) is 7.08. The molecule has 7 heteroatoms. The van der Waals surface area contributed by atoms with E-state index < -0.39 is 0 Å². The minimum absolute atomic E-state index is 0.183. The van der Waals surface area contributed by atoms with E-state index in [2.05, 4.69) is 15.5 Å². The van der Waals surface area contributed by atoms with E-state index in [1.807, 2.05) is 6.07 Å². The van der Waals surface area contributed by atoms with Gasteiger partial charge in [0, 0.05) is 36.8 Å². The molecule has 1 aliphatic heterocycles. The van der Waals surface area contributed by atoms with E-state index in [9.17, 15) is 9.59 Å². The van der Waals surface area contributed by atoms with Gasteiger partial charge in [-0.25, -0.2) is 0 Å². The van der Waals surface area contributed by atoms with Gasteiger partial charge < -0.3 is 15.4 Å². The molecule has 1 aliphatic rings. The Hall–Kier alpha value is -2.67. The highest BCUT2D eigenvalue weighted by Gasteiger charge is 2.15. The fourth-order valence-electron chi connectivity index (χ4n) is 2.92. The number of carbonyl (C=O) groups is 2. The van der Waals surface area contributed by atoms with Crippen LogP contribution in [0.1, 0.15) is 15.9 Å². The van der Waals surface area contributed by atoms with Gasteiger partial charge in [0.05, 0.1) is 13.2 Å². The molecule has 29 heavy (non-hydrogen) atoms. The third-order valence-corrected chi connectivity index (χ3v) is 4.78. The van der Waals surface area contributed by atoms with Crippen molar-refractivity contribution in [2.45, 2.75) is 0 Å². The number of hydrogen-bond acceptors (Lipinski definition) is 4. The Labute approximate surface area is 175 Å². The molecule has 3 rings (SSSR count). The minimum atomic E-state index is -0.339. The van der Waals surface area contributed by atoms with Crippen molar-refractivity contribution in [2.24, 2.45) is 0 Å². The van der Waals surface area contributed by atoms with E-state index in [0.717, 1.165) is 25.2 Å². The van der Waals surface area contributed by atoms with Crippen molar-refractivity contribution in [3.8, 4) is 0 Å². The summed E-state index contributed by atoms with van der Waals surface area (Å²) in [7, 11) is 0. The first-order chi connectivity index (χ1) is 14.1. The third-order valence-electron chi connectivity index (χ3n) is 4.53. The van der Waals surface area contributed by atoms with Gasteiger partial charge in [0.1, 0.15) is 5.70 Å². The van der Waals surface area contributed by atoms with E-state index >= 15 is 0 Å². The average Bonchev–Trinajstić information content (AvgIpc) is 2.76. The highest BCUT2D eigenvalue weighted by molar-refractivity contribution is 6.30. The smallest absolute Gasteiger partial charge is 0.267 e. The summed E-state index contributed by atoms with van der Waals surface area (Å²) >= 11 is 5.93. The number of rotatable bonds is 7. The van der Waals surface area contributed by atoms with Crippen molar-refractivity contribution in [3.05, 3.63) is 76.4 Å². The van der Waals surface area contributed by atoms with E-state index in [4.69, 9.17) is 16.3 Å². The Balaban J connectivity index is 1.68. The molecule has 2 aromatic carbocycles. The topological polar surface area (TPSA) is 70.7 Å². The van der Waals surface area contributed by atoms with Gasteiger partial charge in [-0.2, -0.15) is 0 Å². The Morgan fingerprint density at radius 1 is 1.03 bits per heavy atom. The van der Waals surface area contributed by atoms with Gasteiger partial charge in [-0.3, -0.25) is 14.5 Å². The summed E-state index contributed by atoms with van der Waals surface area (Å²) in [5, 5.41) is 6.22. The van der Waals surface area contributed by atoms with E-state index in [-0.39, 0.29) is 17.5 Å². The number of morpholine rings is 1. The van der Waals surface area contributed by atoms with Crippen LogP contribution in [0.4, 0.5) is 0 Å². The monoisotopic (exact) mass is 413 g/mol. The number of carbonyl (C=O) groups excluding carboxylic acids is 2. The Morgan fingerprint density at radius 3 is 2.41 bits per heavy atom. The van der Waals surface area contributed by atoms with Crippen molar-refractivity contribution in [1.82, 2.24) is 15.5 Å². The quantitative estimate of drug-likeness (QED) is 0.684. The highest BCUT2D eigenvalue weighted by atomic mass is 35.5. The lowest BCUT2D eigenvalue weighted by Gasteiger charge is -2.26. The summed E-state index contributed by atoms with van der Waals surface area (Å²) in [6, 6.07) is 15.8. The summed E-state index contributed by atoms with van der Waals surface area (Å²) in [6.45, 7) is 4.35. The van der Waals surface area contributed by atoms with Gasteiger partial charge in [-0.05, 0) is 35.9 Å². The molecule has 2 amide bonds. The third kappa shape index (κ3) is 6.71. The van der Waals surface area contributed by atoms with Crippen molar-refractivity contribution < 1.29 is 14.3 Å². The lowest BCUT2D eigenvalue weighted by molar-refractivity contribution is -0.117. The van der Waals surface area contributed by atoms with E-state index in [0.29, 0.717) is 30.3 Å². The number of nitrogens with one attached hydrogen (secondary N) is 2. The average molecular weight is 414 g/mol. The summed E-state index contributed by atoms with van der Waals surface area (Å²) in [4.78, 5) is 27.5. The zero-order valence-electron chi connectivity index (χ0n) is 16.1. The second-order valence-electron chi connectivity index (χ2n) is 6.64. The number of nitrogens with zero attached hydrogens (tertiary/aromatic N) is 1. The Morgan fingerprint density at radius 2 is 1.72 bits per heavy atom. The molecule has 1 saturated heterocycles. The highest BCUT2D eigenvalue weighted by Crippen LogP contribution is 2.12. The molecule has 0 spiro atoms. The van der Waals surface area contributed by atoms with Crippen LogP contribution in [-0.2, 0) is 9.53 Å². The molecule has 0 saturated carbocycles. The van der Waals surface area contributed by atoms with E-state index in [1.54, 1.807) is 54.6 Å². The Kier molecular flexibility index (Phi) is 7.81. The minimum Gasteiger partial charge on any atom is -0.379 e. The summed E-state index contributed by atoms with van der Waals surface area (Å²) in [6.07, 6.45) is 1.64. The van der Waals surface area contributed by atoms with Crippen molar-refractivity contribution >= 4 is 29.5 Å². The number of amides is 2. The van der Waals surface area contributed by atoms with Crippen LogP contribution >= 0.6 is 11.6 Å². The normalized spacial score (nSPS) is 15.0. The van der Waals surface area contributed by atoms with Gasteiger partial charge in [-0.1, -0.05) is 41.9 Å². The molecule has 1 fully saturated rings. The molecular formula is C22H24ClN3O3. The lowest BCUT2D eigenvalue weighted by atomic mass is 10.1. The van der Waals surface area contributed by atoms with Crippen molar-refractivity contribution in [2.75, 3.05) is 39.4 Å². The predicted octanol–water partition coefficient (Wildman–Crippen LogP) is 2.56. The first kappa shape index (κ1) is 21.0. The molecule has 6 nitrogen and oxygen atoms in total. The van der Waals surface area contributed by atoms with Crippen molar-refractivity contribution in [3.63, 3.8) is 0 Å². The van der Waals surface area contributed by atoms with Crippen LogP contribution in [0.25, 0.3) is 6.08 Å². The molecule has 0 unspecified atom stereocenters. The van der Waals surface area contributed by atoms with Crippen LogP contribution in [0.15, 0.2) is 60.3 Å². The molecule has 2 N–H and O–H groups in total. The van der Waals surface area contributed by atoms with E-state index in [1.165, 1.54) is 0 Å². The number of hydrogen-bond donors (Lipinski definition) is 2. The standard InChI is InChI=1S/C22H24ClN3O3/c23-19-8-6-17(7-9-19)16-20(25-21(27)18-4-2-1-3-5-18)22(28)24-10-11-26-12-14-29-15-13-26/h1-9,16H,10-15H2,(H,24,28)(H,25,27). The molecule has 1 heterocycles. The number of benzene rings is 2. The van der Waals surface area contributed by atoms with Crippen LogP contribution in [0.2, 0.25) is 5.02 Å².